The first kappa shape index (κ1) is 20.0. The van der Waals surface area contributed by atoms with Gasteiger partial charge in [-0.2, -0.15) is 0 Å². The number of aromatic nitrogens is 1. The summed E-state index contributed by atoms with van der Waals surface area (Å²) in [6.45, 7) is 11.9. The third kappa shape index (κ3) is 3.90. The van der Waals surface area contributed by atoms with Gasteiger partial charge in [0.05, 0.1) is 18.4 Å². The molecule has 5 heteroatoms. The first-order valence-electron chi connectivity index (χ1n) is 9.51. The van der Waals surface area contributed by atoms with Gasteiger partial charge in [-0.1, -0.05) is 17.7 Å². The minimum Gasteiger partial charge on any atom is -0.478 e. The molecule has 0 bridgehead atoms. The van der Waals surface area contributed by atoms with Crippen LogP contribution in [0.3, 0.4) is 0 Å². The summed E-state index contributed by atoms with van der Waals surface area (Å²) in [5.74, 6) is -0.0527. The normalized spacial score (nSPS) is 11.2. The molecule has 1 aromatic carbocycles. The van der Waals surface area contributed by atoms with E-state index in [1.165, 1.54) is 22.3 Å². The van der Waals surface area contributed by atoms with E-state index in [0.29, 0.717) is 25.2 Å². The van der Waals surface area contributed by atoms with Crippen molar-refractivity contribution >= 4 is 5.97 Å². The fraction of sp³-hybridized carbons (Fsp3) is 0.348. The number of aromatic carboxylic acids is 1. The molecule has 0 aliphatic rings. The van der Waals surface area contributed by atoms with E-state index in [2.05, 4.69) is 42.8 Å². The van der Waals surface area contributed by atoms with Crippen LogP contribution in [-0.4, -0.2) is 15.6 Å². The Balaban J connectivity index is 1.93. The lowest BCUT2D eigenvalue weighted by Gasteiger charge is -2.15. The van der Waals surface area contributed by atoms with Crippen molar-refractivity contribution in [1.82, 2.24) is 9.88 Å². The Hall–Kier alpha value is -2.79. The third-order valence-electron chi connectivity index (χ3n) is 5.46. The number of aryl methyl sites for hydroxylation is 3. The van der Waals surface area contributed by atoms with Gasteiger partial charge in [0.15, 0.2) is 0 Å². The van der Waals surface area contributed by atoms with Crippen molar-refractivity contribution in [1.29, 1.82) is 0 Å². The molecule has 0 fully saturated rings. The highest BCUT2D eigenvalue weighted by molar-refractivity contribution is 5.91. The molecule has 0 aliphatic carbocycles. The Labute approximate surface area is 166 Å². The van der Waals surface area contributed by atoms with Crippen molar-refractivity contribution in [3.05, 3.63) is 81.1 Å². The highest BCUT2D eigenvalue weighted by Crippen LogP contribution is 2.26. The van der Waals surface area contributed by atoms with Crippen molar-refractivity contribution in [2.24, 2.45) is 0 Å². The number of furan rings is 1. The summed E-state index contributed by atoms with van der Waals surface area (Å²) in [6.07, 6.45) is 1.64. The molecular weight excluding hydrogens is 352 g/mol. The van der Waals surface area contributed by atoms with Crippen LogP contribution in [0.5, 0.6) is 0 Å². The zero-order valence-corrected chi connectivity index (χ0v) is 17.2. The lowest BCUT2D eigenvalue weighted by atomic mass is 9.99. The highest BCUT2D eigenvalue weighted by Gasteiger charge is 2.23. The lowest BCUT2D eigenvalue weighted by molar-refractivity contribution is 0.0694. The van der Waals surface area contributed by atoms with Crippen LogP contribution in [0.1, 0.15) is 55.3 Å². The van der Waals surface area contributed by atoms with E-state index < -0.39 is 5.97 Å². The van der Waals surface area contributed by atoms with Gasteiger partial charge in [-0.15, -0.1) is 0 Å². The zero-order valence-electron chi connectivity index (χ0n) is 17.2. The van der Waals surface area contributed by atoms with Gasteiger partial charge in [0.1, 0.15) is 5.76 Å². The Morgan fingerprint density at radius 1 is 1.04 bits per heavy atom. The van der Waals surface area contributed by atoms with Gasteiger partial charge in [-0.05, 0) is 63.4 Å². The highest BCUT2D eigenvalue weighted by atomic mass is 16.4. The largest absolute Gasteiger partial charge is 0.478 e. The molecule has 0 atom stereocenters. The SMILES string of the molecule is Cc1cc(C)c(Cn2c(C)c(CNCc3ccco3)c(C(=O)O)c2C)c(C)c1. The maximum Gasteiger partial charge on any atom is 0.337 e. The number of carboxylic acids is 1. The number of hydrogen-bond acceptors (Lipinski definition) is 3. The molecule has 2 aromatic heterocycles. The summed E-state index contributed by atoms with van der Waals surface area (Å²) in [4.78, 5) is 12.0. The average Bonchev–Trinajstić information content (AvgIpc) is 3.19. The summed E-state index contributed by atoms with van der Waals surface area (Å²) in [5.41, 5.74) is 7.97. The van der Waals surface area contributed by atoms with Crippen LogP contribution in [0, 0.1) is 34.6 Å². The molecule has 2 N–H and O–H groups in total. The number of rotatable bonds is 7. The Morgan fingerprint density at radius 2 is 1.71 bits per heavy atom. The molecule has 28 heavy (non-hydrogen) atoms. The van der Waals surface area contributed by atoms with Gasteiger partial charge >= 0.3 is 5.97 Å². The monoisotopic (exact) mass is 380 g/mol. The van der Waals surface area contributed by atoms with Crippen molar-refractivity contribution < 1.29 is 14.3 Å². The summed E-state index contributed by atoms with van der Waals surface area (Å²) in [6, 6.07) is 8.11. The average molecular weight is 380 g/mol. The van der Waals surface area contributed by atoms with Gasteiger partial charge in [-0.3, -0.25) is 0 Å². The van der Waals surface area contributed by atoms with Crippen molar-refractivity contribution in [2.75, 3.05) is 0 Å². The fourth-order valence-electron chi connectivity index (χ4n) is 4.03. The molecule has 5 nitrogen and oxygen atoms in total. The number of carboxylic acid groups (broad SMARTS) is 1. The molecule has 0 saturated carbocycles. The van der Waals surface area contributed by atoms with Crippen molar-refractivity contribution in [2.45, 2.75) is 54.3 Å². The minimum absolute atomic E-state index is 0.395. The smallest absolute Gasteiger partial charge is 0.337 e. The van der Waals surface area contributed by atoms with Crippen LogP contribution in [-0.2, 0) is 19.6 Å². The van der Waals surface area contributed by atoms with Crippen LogP contribution in [0.2, 0.25) is 0 Å². The fourth-order valence-corrected chi connectivity index (χ4v) is 4.03. The van der Waals surface area contributed by atoms with Gasteiger partial charge in [0.2, 0.25) is 0 Å². The molecule has 3 rings (SSSR count). The Bertz CT molecular complexity index is 975. The minimum atomic E-state index is -0.883. The Kier molecular flexibility index (Phi) is 5.75. The zero-order chi connectivity index (χ0) is 20.4. The standard InChI is InChI=1S/C23H28N2O3/c1-14-9-15(2)21(16(3)10-14)13-25-17(4)20(22(18(25)5)23(26)27)12-24-11-19-7-6-8-28-19/h6-10,24H,11-13H2,1-5H3,(H,26,27). The van der Waals surface area contributed by atoms with Gasteiger partial charge in [0.25, 0.3) is 0 Å². The van der Waals surface area contributed by atoms with Crippen LogP contribution in [0.4, 0.5) is 0 Å². The molecule has 0 unspecified atom stereocenters. The molecule has 2 heterocycles. The summed E-state index contributed by atoms with van der Waals surface area (Å²) in [7, 11) is 0. The number of benzene rings is 1. The van der Waals surface area contributed by atoms with E-state index in [1.807, 2.05) is 26.0 Å². The molecule has 0 radical (unpaired) electrons. The molecule has 0 amide bonds. The van der Waals surface area contributed by atoms with E-state index in [-0.39, 0.29) is 0 Å². The molecule has 3 aromatic rings. The van der Waals surface area contributed by atoms with Gasteiger partial charge in [0, 0.05) is 30.0 Å². The molecule has 0 aliphatic heterocycles. The third-order valence-corrected chi connectivity index (χ3v) is 5.46. The number of nitrogens with zero attached hydrogens (tertiary/aromatic N) is 1. The first-order chi connectivity index (χ1) is 13.3. The summed E-state index contributed by atoms with van der Waals surface area (Å²) < 4.78 is 7.46. The predicted molar refractivity (Wildman–Crippen MR) is 110 cm³/mol. The topological polar surface area (TPSA) is 67.4 Å². The number of nitrogens with one attached hydrogen (secondary N) is 1. The van der Waals surface area contributed by atoms with E-state index in [9.17, 15) is 9.90 Å². The first-order valence-corrected chi connectivity index (χ1v) is 9.51. The summed E-state index contributed by atoms with van der Waals surface area (Å²) in [5, 5.41) is 13.1. The molecular formula is C23H28N2O3. The maximum atomic E-state index is 12.0. The van der Waals surface area contributed by atoms with E-state index >= 15 is 0 Å². The van der Waals surface area contributed by atoms with E-state index in [0.717, 1.165) is 22.7 Å². The second-order valence-corrected chi connectivity index (χ2v) is 7.48. The second kappa shape index (κ2) is 8.07. The van der Waals surface area contributed by atoms with E-state index in [1.54, 1.807) is 6.26 Å². The number of carbonyl (C=O) groups is 1. The molecule has 0 saturated heterocycles. The second-order valence-electron chi connectivity index (χ2n) is 7.48. The van der Waals surface area contributed by atoms with Crippen LogP contribution in [0.25, 0.3) is 0 Å². The van der Waals surface area contributed by atoms with Crippen molar-refractivity contribution in [3.63, 3.8) is 0 Å². The lowest BCUT2D eigenvalue weighted by Crippen LogP contribution is -2.15. The van der Waals surface area contributed by atoms with E-state index in [4.69, 9.17) is 4.42 Å². The number of hydrogen-bond donors (Lipinski definition) is 2. The van der Waals surface area contributed by atoms with Gasteiger partial charge in [-0.25, -0.2) is 4.79 Å². The predicted octanol–water partition coefficient (Wildman–Crippen LogP) is 4.66. The maximum absolute atomic E-state index is 12.0. The summed E-state index contributed by atoms with van der Waals surface area (Å²) >= 11 is 0. The quantitative estimate of drug-likeness (QED) is 0.626. The molecule has 0 spiro atoms. The van der Waals surface area contributed by atoms with Crippen LogP contribution < -0.4 is 5.32 Å². The van der Waals surface area contributed by atoms with Crippen LogP contribution in [0.15, 0.2) is 34.9 Å². The van der Waals surface area contributed by atoms with Gasteiger partial charge < -0.3 is 19.4 Å². The van der Waals surface area contributed by atoms with Crippen LogP contribution >= 0.6 is 0 Å². The van der Waals surface area contributed by atoms with Crippen molar-refractivity contribution in [3.8, 4) is 0 Å². The Morgan fingerprint density at radius 3 is 2.29 bits per heavy atom. The molecule has 148 valence electrons.